The number of hydrogen-bond donors (Lipinski definition) is 1. The number of halogens is 1. The third-order valence-corrected chi connectivity index (χ3v) is 2.52. The lowest BCUT2D eigenvalue weighted by molar-refractivity contribution is -0.128. The van der Waals surface area contributed by atoms with Crippen molar-refractivity contribution in [2.24, 2.45) is 0 Å². The summed E-state index contributed by atoms with van der Waals surface area (Å²) in [5.74, 6) is 0. The summed E-state index contributed by atoms with van der Waals surface area (Å²) in [6, 6.07) is 7.87. The molecule has 0 saturated carbocycles. The number of carbonyl (C=O) groups excluding carboxylic acids is 1. The van der Waals surface area contributed by atoms with Gasteiger partial charge in [0, 0.05) is 17.3 Å². The van der Waals surface area contributed by atoms with Gasteiger partial charge >= 0.3 is 0 Å². The molecule has 1 aromatic carbocycles. The lowest BCUT2D eigenvalue weighted by Gasteiger charge is -1.94. The standard InChI is InChI=1S/C8H7BrN2.C3H6O2/c9-11-4-3-6-1-2-7(10)5-8(6)11;1-2-5-3-4/h1-5H,10H2;3H,2H2,1H3. The van der Waals surface area contributed by atoms with Crippen molar-refractivity contribution in [2.45, 2.75) is 6.92 Å². The molecule has 86 valence electrons. The van der Waals surface area contributed by atoms with Crippen LogP contribution >= 0.6 is 16.1 Å². The highest BCUT2D eigenvalue weighted by Crippen LogP contribution is 2.19. The molecule has 2 rings (SSSR count). The van der Waals surface area contributed by atoms with E-state index in [4.69, 9.17) is 5.73 Å². The quantitative estimate of drug-likeness (QED) is 0.681. The first-order valence-corrected chi connectivity index (χ1v) is 5.48. The molecule has 0 saturated heterocycles. The number of anilines is 1. The number of fused-ring (bicyclic) bond motifs is 1. The van der Waals surface area contributed by atoms with Gasteiger partial charge in [0.1, 0.15) is 0 Å². The average molecular weight is 285 g/mol. The molecule has 0 atom stereocenters. The lowest BCUT2D eigenvalue weighted by Crippen LogP contribution is -1.83. The topological polar surface area (TPSA) is 57.2 Å². The summed E-state index contributed by atoms with van der Waals surface area (Å²) in [4.78, 5) is 9.18. The van der Waals surface area contributed by atoms with E-state index in [0.717, 1.165) is 11.2 Å². The molecule has 2 aromatic rings. The number of nitrogens with two attached hydrogens (primary N) is 1. The molecule has 2 N–H and O–H groups in total. The van der Waals surface area contributed by atoms with Gasteiger partial charge in [-0.05, 0) is 25.1 Å². The molecular weight excluding hydrogens is 272 g/mol. The van der Waals surface area contributed by atoms with Crippen LogP contribution in [0.3, 0.4) is 0 Å². The van der Waals surface area contributed by atoms with Gasteiger partial charge in [0.15, 0.2) is 0 Å². The van der Waals surface area contributed by atoms with Crippen LogP contribution in [0.4, 0.5) is 5.69 Å². The van der Waals surface area contributed by atoms with Gasteiger partial charge in [-0.2, -0.15) is 0 Å². The summed E-state index contributed by atoms with van der Waals surface area (Å²) >= 11 is 3.36. The molecule has 1 aromatic heterocycles. The molecule has 0 aliphatic heterocycles. The van der Waals surface area contributed by atoms with E-state index in [0.29, 0.717) is 13.1 Å². The van der Waals surface area contributed by atoms with Crippen LogP contribution in [0.5, 0.6) is 0 Å². The molecular formula is C11H13BrN2O2. The molecule has 0 fully saturated rings. The number of nitrogens with zero attached hydrogens (tertiary/aromatic N) is 1. The van der Waals surface area contributed by atoms with Crippen LogP contribution in [0.15, 0.2) is 30.5 Å². The van der Waals surface area contributed by atoms with E-state index in [-0.39, 0.29) is 0 Å². The Hall–Kier alpha value is -1.49. The highest BCUT2D eigenvalue weighted by atomic mass is 79.9. The molecule has 0 spiro atoms. The fourth-order valence-corrected chi connectivity index (χ4v) is 1.61. The van der Waals surface area contributed by atoms with Crippen molar-refractivity contribution in [1.82, 2.24) is 3.59 Å². The number of benzene rings is 1. The van der Waals surface area contributed by atoms with Crippen LogP contribution in [0.1, 0.15) is 6.92 Å². The second kappa shape index (κ2) is 6.17. The first-order valence-electron chi connectivity index (χ1n) is 4.77. The van der Waals surface area contributed by atoms with Gasteiger partial charge in [-0.15, -0.1) is 0 Å². The maximum atomic E-state index is 9.18. The molecule has 0 amide bonds. The predicted molar refractivity (Wildman–Crippen MR) is 68.4 cm³/mol. The second-order valence-electron chi connectivity index (χ2n) is 3.00. The third-order valence-electron chi connectivity index (χ3n) is 1.90. The molecule has 0 bridgehead atoms. The maximum Gasteiger partial charge on any atom is 0.293 e. The van der Waals surface area contributed by atoms with E-state index in [2.05, 4.69) is 20.9 Å². The molecule has 5 heteroatoms. The van der Waals surface area contributed by atoms with E-state index in [1.54, 1.807) is 6.92 Å². The van der Waals surface area contributed by atoms with Gasteiger partial charge in [0.25, 0.3) is 6.47 Å². The number of hydrogen-bond acceptors (Lipinski definition) is 3. The number of rotatable bonds is 2. The molecule has 0 unspecified atom stereocenters. The third kappa shape index (κ3) is 3.27. The first-order chi connectivity index (χ1) is 7.69. The van der Waals surface area contributed by atoms with Crippen LogP contribution in [0.25, 0.3) is 10.9 Å². The highest BCUT2D eigenvalue weighted by molar-refractivity contribution is 9.08. The van der Waals surface area contributed by atoms with E-state index >= 15 is 0 Å². The summed E-state index contributed by atoms with van der Waals surface area (Å²) in [5.41, 5.74) is 7.51. The van der Waals surface area contributed by atoms with Crippen LogP contribution in [-0.4, -0.2) is 16.7 Å². The summed E-state index contributed by atoms with van der Waals surface area (Å²) in [6.45, 7) is 2.66. The highest BCUT2D eigenvalue weighted by Gasteiger charge is 1.97. The number of ether oxygens (including phenoxy) is 1. The Bertz CT molecular complexity index is 468. The minimum absolute atomic E-state index is 0.431. The summed E-state index contributed by atoms with van der Waals surface area (Å²) < 4.78 is 6.03. The van der Waals surface area contributed by atoms with Crippen molar-refractivity contribution >= 4 is 39.2 Å². The monoisotopic (exact) mass is 284 g/mol. The minimum atomic E-state index is 0.431. The van der Waals surface area contributed by atoms with Crippen LogP contribution in [0.2, 0.25) is 0 Å². The normalized spacial score (nSPS) is 9.38. The molecule has 0 aliphatic rings. The van der Waals surface area contributed by atoms with Crippen molar-refractivity contribution in [1.29, 1.82) is 0 Å². The van der Waals surface area contributed by atoms with Gasteiger partial charge < -0.3 is 10.5 Å². The Labute approximate surface area is 102 Å². The lowest BCUT2D eigenvalue weighted by atomic mass is 10.2. The Morgan fingerprint density at radius 3 is 2.81 bits per heavy atom. The molecule has 0 aliphatic carbocycles. The van der Waals surface area contributed by atoms with Gasteiger partial charge in [-0.1, -0.05) is 6.07 Å². The molecule has 1 heterocycles. The van der Waals surface area contributed by atoms with Crippen LogP contribution in [-0.2, 0) is 9.53 Å². The van der Waals surface area contributed by atoms with E-state index < -0.39 is 0 Å². The van der Waals surface area contributed by atoms with Crippen molar-refractivity contribution in [3.8, 4) is 0 Å². The number of nitrogen functional groups attached to an aromatic ring is 1. The van der Waals surface area contributed by atoms with Crippen molar-refractivity contribution in [3.63, 3.8) is 0 Å². The zero-order valence-corrected chi connectivity index (χ0v) is 10.5. The Kier molecular flexibility index (Phi) is 4.85. The molecule has 0 radical (unpaired) electrons. The zero-order valence-electron chi connectivity index (χ0n) is 8.89. The van der Waals surface area contributed by atoms with Crippen LogP contribution < -0.4 is 5.73 Å². The summed E-state index contributed by atoms with van der Waals surface area (Å²) in [6.07, 6.45) is 1.95. The van der Waals surface area contributed by atoms with Crippen molar-refractivity contribution in [3.05, 3.63) is 30.5 Å². The first kappa shape index (κ1) is 12.6. The molecule has 4 nitrogen and oxygen atoms in total. The van der Waals surface area contributed by atoms with Crippen molar-refractivity contribution < 1.29 is 9.53 Å². The smallest absolute Gasteiger partial charge is 0.293 e. The Morgan fingerprint density at radius 1 is 1.50 bits per heavy atom. The van der Waals surface area contributed by atoms with Crippen molar-refractivity contribution in [2.75, 3.05) is 12.3 Å². The fraction of sp³-hybridized carbons (Fsp3) is 0.182. The zero-order chi connectivity index (χ0) is 12.0. The minimum Gasteiger partial charge on any atom is -0.468 e. The van der Waals surface area contributed by atoms with E-state index in [1.807, 2.05) is 34.1 Å². The Morgan fingerprint density at radius 2 is 2.25 bits per heavy atom. The average Bonchev–Trinajstić information content (AvgIpc) is 2.63. The van der Waals surface area contributed by atoms with Gasteiger partial charge in [0.05, 0.1) is 28.3 Å². The van der Waals surface area contributed by atoms with Gasteiger partial charge in [-0.25, -0.2) is 0 Å². The second-order valence-corrected chi connectivity index (χ2v) is 3.76. The number of aromatic nitrogens is 1. The molecule has 16 heavy (non-hydrogen) atoms. The number of carbonyl (C=O) groups is 1. The van der Waals surface area contributed by atoms with Gasteiger partial charge in [0.2, 0.25) is 0 Å². The largest absolute Gasteiger partial charge is 0.468 e. The fourth-order valence-electron chi connectivity index (χ4n) is 1.18. The Balaban J connectivity index is 0.000000221. The van der Waals surface area contributed by atoms with E-state index in [9.17, 15) is 4.79 Å². The van der Waals surface area contributed by atoms with E-state index in [1.165, 1.54) is 5.39 Å². The SMILES string of the molecule is CCOC=O.Nc1ccc2ccn(Br)c2c1. The van der Waals surface area contributed by atoms with Gasteiger partial charge in [-0.3, -0.25) is 8.39 Å². The van der Waals surface area contributed by atoms with Crippen LogP contribution in [0, 0.1) is 0 Å². The maximum absolute atomic E-state index is 9.18. The summed E-state index contributed by atoms with van der Waals surface area (Å²) in [7, 11) is 0. The summed E-state index contributed by atoms with van der Waals surface area (Å²) in [5, 5.41) is 1.19. The predicted octanol–water partition coefficient (Wildman–Crippen LogP) is 2.56.